The average molecular weight is 140 g/mol. The third kappa shape index (κ3) is 2.06. The summed E-state index contributed by atoms with van der Waals surface area (Å²) in [6, 6.07) is 1.96. The number of aromatic nitrogens is 2. The van der Waals surface area contributed by atoms with Gasteiger partial charge in [-0.3, -0.25) is 0 Å². The molecule has 1 atom stereocenters. The van der Waals surface area contributed by atoms with Crippen molar-refractivity contribution in [3.63, 3.8) is 0 Å². The van der Waals surface area contributed by atoms with E-state index in [1.807, 2.05) is 6.07 Å². The molecule has 0 bridgehead atoms. The summed E-state index contributed by atoms with van der Waals surface area (Å²) in [5, 5.41) is 0. The van der Waals surface area contributed by atoms with Gasteiger partial charge in [-0.2, -0.15) is 0 Å². The molecule has 0 saturated heterocycles. The van der Waals surface area contributed by atoms with Gasteiger partial charge < -0.3 is 0 Å². The van der Waals surface area contributed by atoms with Crippen LogP contribution in [0, 0.1) is 0 Å². The van der Waals surface area contributed by atoms with Gasteiger partial charge in [0.1, 0.15) is 6.33 Å². The second-order valence-electron chi connectivity index (χ2n) is 1.62. The van der Waals surface area contributed by atoms with Crippen molar-refractivity contribution in [1.82, 2.24) is 9.97 Å². The molecule has 0 N–H and O–H groups in total. The molecule has 2 nitrogen and oxygen atoms in total. The van der Waals surface area contributed by atoms with Crippen LogP contribution in [0.1, 0.15) is 6.92 Å². The summed E-state index contributed by atoms with van der Waals surface area (Å²) >= 11 is 0. The third-order valence-corrected chi connectivity index (χ3v) is 1.95. The fourth-order valence-corrected chi connectivity index (χ4v) is 1.28. The summed E-state index contributed by atoms with van der Waals surface area (Å²) in [7, 11) is 0.836. The predicted molar refractivity (Wildman–Crippen MR) is 40.5 cm³/mol. The van der Waals surface area contributed by atoms with E-state index < -0.39 is 0 Å². The Hall–Kier alpha value is -0.490. The minimum absolute atomic E-state index is 0.836. The van der Waals surface area contributed by atoms with Crippen LogP contribution in [0.5, 0.6) is 0 Å². The molecule has 1 unspecified atom stereocenters. The van der Waals surface area contributed by atoms with Crippen LogP contribution >= 0.6 is 8.58 Å². The summed E-state index contributed by atoms with van der Waals surface area (Å²) in [6.07, 6.45) is 4.56. The lowest BCUT2D eigenvalue weighted by atomic mass is 10.7. The molecular weight excluding hydrogens is 131 g/mol. The molecule has 0 fully saturated rings. The number of hydrogen-bond acceptors (Lipinski definition) is 2. The molecule has 0 aliphatic carbocycles. The first kappa shape index (κ1) is 6.63. The van der Waals surface area contributed by atoms with Crippen LogP contribution < -0.4 is 5.44 Å². The van der Waals surface area contributed by atoms with Crippen molar-refractivity contribution in [2.24, 2.45) is 0 Å². The molecule has 0 amide bonds. The topological polar surface area (TPSA) is 25.8 Å². The van der Waals surface area contributed by atoms with Crippen molar-refractivity contribution >= 4 is 14.0 Å². The predicted octanol–water partition coefficient (Wildman–Crippen LogP) is 0.800. The van der Waals surface area contributed by atoms with Crippen molar-refractivity contribution in [2.75, 3.05) is 6.16 Å². The summed E-state index contributed by atoms with van der Waals surface area (Å²) in [6.45, 7) is 2.15. The first-order valence-electron chi connectivity index (χ1n) is 2.93. The van der Waals surface area contributed by atoms with Crippen LogP contribution in [0.15, 0.2) is 18.6 Å². The number of rotatable bonds is 2. The Balaban J connectivity index is 2.61. The smallest absolute Gasteiger partial charge is 0.116 e. The zero-order valence-electron chi connectivity index (χ0n) is 5.33. The summed E-state index contributed by atoms with van der Waals surface area (Å²) in [5.41, 5.74) is 1.16. The molecule has 0 aliphatic rings. The van der Waals surface area contributed by atoms with Gasteiger partial charge in [-0.25, -0.2) is 9.97 Å². The molecule has 1 aromatic heterocycles. The van der Waals surface area contributed by atoms with E-state index in [1.54, 1.807) is 12.5 Å². The van der Waals surface area contributed by atoms with Crippen LogP contribution in [-0.2, 0) is 0 Å². The molecule has 0 aliphatic heterocycles. The molecule has 1 rings (SSSR count). The van der Waals surface area contributed by atoms with E-state index in [9.17, 15) is 0 Å². The first-order valence-corrected chi connectivity index (χ1v) is 4.14. The molecule has 9 heavy (non-hydrogen) atoms. The maximum Gasteiger partial charge on any atom is 0.116 e. The Morgan fingerprint density at radius 1 is 1.67 bits per heavy atom. The molecule has 0 spiro atoms. The van der Waals surface area contributed by atoms with Gasteiger partial charge in [0.15, 0.2) is 0 Å². The summed E-state index contributed by atoms with van der Waals surface area (Å²) < 4.78 is 0. The molecule has 48 valence electrons. The van der Waals surface area contributed by atoms with E-state index in [1.165, 1.54) is 6.16 Å². The lowest BCUT2D eigenvalue weighted by molar-refractivity contribution is 1.20. The van der Waals surface area contributed by atoms with Crippen LogP contribution in [0.3, 0.4) is 0 Å². The second kappa shape index (κ2) is 3.52. The molecule has 0 radical (unpaired) electrons. The van der Waals surface area contributed by atoms with E-state index in [-0.39, 0.29) is 0 Å². The summed E-state index contributed by atoms with van der Waals surface area (Å²) in [5.74, 6) is 0. The minimum atomic E-state index is 0.836. The highest BCUT2D eigenvalue weighted by Crippen LogP contribution is 2.03. The second-order valence-corrected chi connectivity index (χ2v) is 3.20. The highest BCUT2D eigenvalue weighted by molar-refractivity contribution is 7.46. The van der Waals surface area contributed by atoms with E-state index in [0.29, 0.717) is 0 Å². The van der Waals surface area contributed by atoms with E-state index in [0.717, 1.165) is 14.0 Å². The standard InChI is InChI=1S/C6H9N2P/c1-2-9-6-3-4-7-5-8-6/h3-5,9H,2H2,1H3. The van der Waals surface area contributed by atoms with E-state index in [4.69, 9.17) is 0 Å². The molecule has 3 heteroatoms. The maximum absolute atomic E-state index is 4.07. The Morgan fingerprint density at radius 3 is 3.11 bits per heavy atom. The highest BCUT2D eigenvalue weighted by Gasteiger charge is 1.86. The Labute approximate surface area is 56.5 Å². The lowest BCUT2D eigenvalue weighted by Crippen LogP contribution is -1.99. The van der Waals surface area contributed by atoms with Gasteiger partial charge >= 0.3 is 0 Å². The normalized spacial score (nSPS) is 10.8. The van der Waals surface area contributed by atoms with E-state index >= 15 is 0 Å². The third-order valence-electron chi connectivity index (χ3n) is 0.940. The number of nitrogens with zero attached hydrogens (tertiary/aromatic N) is 2. The maximum atomic E-state index is 4.07. The SMILES string of the molecule is CCPc1ccncn1. The van der Waals surface area contributed by atoms with Gasteiger partial charge in [-0.1, -0.05) is 15.5 Å². The van der Waals surface area contributed by atoms with Crippen molar-refractivity contribution < 1.29 is 0 Å². The van der Waals surface area contributed by atoms with Gasteiger partial charge in [0.2, 0.25) is 0 Å². The van der Waals surface area contributed by atoms with Gasteiger partial charge in [-0.15, -0.1) is 0 Å². The van der Waals surface area contributed by atoms with Gasteiger partial charge in [0.25, 0.3) is 0 Å². The zero-order valence-corrected chi connectivity index (χ0v) is 6.33. The van der Waals surface area contributed by atoms with Crippen LogP contribution in [0.4, 0.5) is 0 Å². The minimum Gasteiger partial charge on any atom is -0.245 e. The molecule has 1 aromatic rings. The van der Waals surface area contributed by atoms with Crippen molar-refractivity contribution in [3.05, 3.63) is 18.6 Å². The van der Waals surface area contributed by atoms with Crippen LogP contribution in [0.25, 0.3) is 0 Å². The fraction of sp³-hybridized carbons (Fsp3) is 0.333. The number of hydrogen-bond donors (Lipinski definition) is 0. The highest BCUT2D eigenvalue weighted by atomic mass is 31.1. The largest absolute Gasteiger partial charge is 0.245 e. The fourth-order valence-electron chi connectivity index (χ4n) is 0.576. The molecule has 0 aromatic carbocycles. The quantitative estimate of drug-likeness (QED) is 0.568. The van der Waals surface area contributed by atoms with E-state index in [2.05, 4.69) is 16.9 Å². The van der Waals surface area contributed by atoms with Gasteiger partial charge in [-0.05, 0) is 12.2 Å². The monoisotopic (exact) mass is 140 g/mol. The Bertz CT molecular complexity index is 164. The molecule has 1 heterocycles. The molecule has 0 saturated carbocycles. The van der Waals surface area contributed by atoms with Gasteiger partial charge in [0, 0.05) is 6.20 Å². The Morgan fingerprint density at radius 2 is 2.56 bits per heavy atom. The van der Waals surface area contributed by atoms with Crippen molar-refractivity contribution in [1.29, 1.82) is 0 Å². The lowest BCUT2D eigenvalue weighted by Gasteiger charge is -1.92. The van der Waals surface area contributed by atoms with Crippen LogP contribution in [0.2, 0.25) is 0 Å². The zero-order chi connectivity index (χ0) is 6.53. The first-order chi connectivity index (χ1) is 4.43. The van der Waals surface area contributed by atoms with Gasteiger partial charge in [0.05, 0.1) is 5.44 Å². The van der Waals surface area contributed by atoms with Crippen molar-refractivity contribution in [3.8, 4) is 0 Å². The van der Waals surface area contributed by atoms with Crippen LogP contribution in [-0.4, -0.2) is 16.1 Å². The average Bonchev–Trinajstić information content (AvgIpc) is 1.91. The molecular formula is C6H9N2P. The Kier molecular flexibility index (Phi) is 2.59. The summed E-state index contributed by atoms with van der Waals surface area (Å²) in [4.78, 5) is 7.89. The van der Waals surface area contributed by atoms with Crippen molar-refractivity contribution in [2.45, 2.75) is 6.92 Å².